The van der Waals surface area contributed by atoms with Crippen LogP contribution in [0, 0.1) is 0 Å². The van der Waals surface area contributed by atoms with Crippen LogP contribution in [-0.2, 0) is 13.0 Å². The highest BCUT2D eigenvalue weighted by molar-refractivity contribution is 5.91. The quantitative estimate of drug-likeness (QED) is 0.528. The molecule has 5 rings (SSSR count). The van der Waals surface area contributed by atoms with Gasteiger partial charge < -0.3 is 18.9 Å². The van der Waals surface area contributed by atoms with Crippen molar-refractivity contribution in [3.63, 3.8) is 0 Å². The van der Waals surface area contributed by atoms with Gasteiger partial charge in [0.1, 0.15) is 6.61 Å². The Labute approximate surface area is 189 Å². The van der Waals surface area contributed by atoms with Crippen molar-refractivity contribution in [2.45, 2.75) is 25.8 Å². The molecule has 168 valence electrons. The standard InChI is InChI=1S/C26H31N2O4/c1-29-23-7-6-18-14-22-20-16-25(31-3)24(30-2)15-19(20)8-11-28(22)17-21(18)26(23)32-13-12-27-9-4-5-10-27/h6-7,14-17H,4-5,8-13H2,1-3H3/q+1. The maximum atomic E-state index is 6.31. The van der Waals surface area contributed by atoms with Crippen molar-refractivity contribution in [1.82, 2.24) is 4.90 Å². The molecule has 0 radical (unpaired) electrons. The summed E-state index contributed by atoms with van der Waals surface area (Å²) in [6, 6.07) is 10.5. The minimum absolute atomic E-state index is 0.664. The number of aryl methyl sites for hydroxylation is 2. The molecule has 32 heavy (non-hydrogen) atoms. The molecule has 6 nitrogen and oxygen atoms in total. The Balaban J connectivity index is 1.53. The van der Waals surface area contributed by atoms with E-state index >= 15 is 0 Å². The third-order valence-corrected chi connectivity index (χ3v) is 6.66. The lowest BCUT2D eigenvalue weighted by Gasteiger charge is -2.20. The van der Waals surface area contributed by atoms with Crippen molar-refractivity contribution >= 4 is 10.8 Å². The van der Waals surface area contributed by atoms with Crippen LogP contribution in [0.3, 0.4) is 0 Å². The van der Waals surface area contributed by atoms with E-state index in [1.807, 2.05) is 6.07 Å². The van der Waals surface area contributed by atoms with Gasteiger partial charge in [-0.1, -0.05) is 0 Å². The largest absolute Gasteiger partial charge is 0.493 e. The van der Waals surface area contributed by atoms with Crippen molar-refractivity contribution in [1.29, 1.82) is 0 Å². The lowest BCUT2D eigenvalue weighted by atomic mass is 9.95. The van der Waals surface area contributed by atoms with Gasteiger partial charge in [-0.05, 0) is 61.1 Å². The minimum Gasteiger partial charge on any atom is -0.493 e. The zero-order chi connectivity index (χ0) is 22.1. The van der Waals surface area contributed by atoms with Gasteiger partial charge in [-0.25, -0.2) is 0 Å². The SMILES string of the molecule is COc1cc2c(cc1OC)-c1cc3ccc(OC)c(OCCN4CCCC4)c3c[n+]1CC2. The molecule has 1 aromatic heterocycles. The Hall–Kier alpha value is -2.99. The molecule has 0 bridgehead atoms. The van der Waals surface area contributed by atoms with Crippen LogP contribution in [0.2, 0.25) is 0 Å². The molecule has 3 aromatic rings. The fourth-order valence-electron chi connectivity index (χ4n) is 4.93. The first kappa shape index (κ1) is 20.9. The number of ether oxygens (including phenoxy) is 4. The summed E-state index contributed by atoms with van der Waals surface area (Å²) < 4.78 is 25.4. The Bertz CT molecular complexity index is 1140. The second-order valence-corrected chi connectivity index (χ2v) is 8.46. The van der Waals surface area contributed by atoms with E-state index in [1.54, 1.807) is 21.3 Å². The Kier molecular flexibility index (Phi) is 5.79. The van der Waals surface area contributed by atoms with Gasteiger partial charge in [0.25, 0.3) is 0 Å². The predicted molar refractivity (Wildman–Crippen MR) is 124 cm³/mol. The summed E-state index contributed by atoms with van der Waals surface area (Å²) in [6.07, 6.45) is 5.73. The molecule has 2 aromatic carbocycles. The van der Waals surface area contributed by atoms with Crippen LogP contribution < -0.4 is 23.5 Å². The molecule has 0 aliphatic carbocycles. The molecule has 0 amide bonds. The summed E-state index contributed by atoms with van der Waals surface area (Å²) in [5.41, 5.74) is 3.63. The van der Waals surface area contributed by atoms with Gasteiger partial charge in [0.05, 0.1) is 32.3 Å². The Morgan fingerprint density at radius 2 is 1.66 bits per heavy atom. The van der Waals surface area contributed by atoms with E-state index in [9.17, 15) is 0 Å². The van der Waals surface area contributed by atoms with Gasteiger partial charge in [0, 0.05) is 19.0 Å². The van der Waals surface area contributed by atoms with Crippen molar-refractivity contribution in [3.05, 3.63) is 42.1 Å². The highest BCUT2D eigenvalue weighted by Crippen LogP contribution is 2.40. The second-order valence-electron chi connectivity index (χ2n) is 8.46. The van der Waals surface area contributed by atoms with Crippen molar-refractivity contribution < 1.29 is 23.5 Å². The summed E-state index contributed by atoms with van der Waals surface area (Å²) in [4.78, 5) is 2.47. The molecular formula is C26H31N2O4+. The monoisotopic (exact) mass is 435 g/mol. The summed E-state index contributed by atoms with van der Waals surface area (Å²) in [5.74, 6) is 3.14. The van der Waals surface area contributed by atoms with E-state index in [0.717, 1.165) is 53.3 Å². The van der Waals surface area contributed by atoms with Crippen LogP contribution in [-0.4, -0.2) is 52.5 Å². The summed E-state index contributed by atoms with van der Waals surface area (Å²) in [7, 11) is 5.07. The summed E-state index contributed by atoms with van der Waals surface area (Å²) in [5, 5.41) is 2.22. The number of pyridine rings is 1. The van der Waals surface area contributed by atoms with Crippen molar-refractivity contribution in [3.8, 4) is 34.3 Å². The van der Waals surface area contributed by atoms with Crippen LogP contribution in [0.1, 0.15) is 18.4 Å². The Morgan fingerprint density at radius 1 is 0.906 bits per heavy atom. The molecule has 6 heteroatoms. The average molecular weight is 436 g/mol. The molecule has 1 saturated heterocycles. The van der Waals surface area contributed by atoms with E-state index in [4.69, 9.17) is 18.9 Å². The molecule has 0 N–H and O–H groups in total. The minimum atomic E-state index is 0.664. The molecule has 0 atom stereocenters. The molecule has 1 fully saturated rings. The van der Waals surface area contributed by atoms with E-state index in [1.165, 1.54) is 42.8 Å². The normalized spacial score (nSPS) is 15.3. The Morgan fingerprint density at radius 3 is 2.41 bits per heavy atom. The molecule has 2 aliphatic rings. The number of likely N-dealkylation sites (tertiary alicyclic amines) is 1. The van der Waals surface area contributed by atoms with Crippen LogP contribution in [0.25, 0.3) is 22.0 Å². The first-order valence-corrected chi connectivity index (χ1v) is 11.4. The van der Waals surface area contributed by atoms with Gasteiger partial charge >= 0.3 is 0 Å². The molecular weight excluding hydrogens is 404 g/mol. The zero-order valence-corrected chi connectivity index (χ0v) is 19.1. The van der Waals surface area contributed by atoms with E-state index in [2.05, 4.69) is 39.9 Å². The molecule has 0 spiro atoms. The van der Waals surface area contributed by atoms with Crippen LogP contribution in [0.4, 0.5) is 0 Å². The van der Waals surface area contributed by atoms with Crippen molar-refractivity contribution in [2.24, 2.45) is 0 Å². The number of hydrogen-bond acceptors (Lipinski definition) is 5. The lowest BCUT2D eigenvalue weighted by Crippen LogP contribution is -2.40. The zero-order valence-electron chi connectivity index (χ0n) is 19.1. The van der Waals surface area contributed by atoms with Crippen LogP contribution in [0.5, 0.6) is 23.0 Å². The van der Waals surface area contributed by atoms with Crippen LogP contribution >= 0.6 is 0 Å². The van der Waals surface area contributed by atoms with Crippen molar-refractivity contribution in [2.75, 3.05) is 47.6 Å². The van der Waals surface area contributed by atoms with E-state index in [0.29, 0.717) is 6.61 Å². The third kappa shape index (κ3) is 3.73. The van der Waals surface area contributed by atoms with Gasteiger partial charge in [-0.15, -0.1) is 0 Å². The molecule has 0 unspecified atom stereocenters. The maximum absolute atomic E-state index is 6.31. The third-order valence-electron chi connectivity index (χ3n) is 6.66. The number of nitrogens with zero attached hydrogens (tertiary/aromatic N) is 2. The van der Waals surface area contributed by atoms with E-state index < -0.39 is 0 Å². The van der Waals surface area contributed by atoms with Crippen LogP contribution in [0.15, 0.2) is 36.5 Å². The molecule has 0 saturated carbocycles. The average Bonchev–Trinajstić information content (AvgIpc) is 3.35. The van der Waals surface area contributed by atoms with Gasteiger partial charge in [-0.2, -0.15) is 4.57 Å². The number of benzene rings is 2. The number of aromatic nitrogens is 1. The molecule has 3 heterocycles. The number of methoxy groups -OCH3 is 3. The van der Waals surface area contributed by atoms with Gasteiger partial charge in [0.2, 0.25) is 5.69 Å². The van der Waals surface area contributed by atoms with Gasteiger partial charge in [-0.3, -0.25) is 4.90 Å². The topological polar surface area (TPSA) is 44.0 Å². The lowest BCUT2D eigenvalue weighted by molar-refractivity contribution is -0.686. The highest BCUT2D eigenvalue weighted by atomic mass is 16.5. The second kappa shape index (κ2) is 8.87. The van der Waals surface area contributed by atoms with E-state index in [-0.39, 0.29) is 0 Å². The smallest absolute Gasteiger partial charge is 0.213 e. The fourth-order valence-corrected chi connectivity index (χ4v) is 4.93. The number of hydrogen-bond donors (Lipinski definition) is 0. The van der Waals surface area contributed by atoms with Gasteiger partial charge in [0.15, 0.2) is 35.7 Å². The first-order chi connectivity index (χ1) is 15.7. The number of rotatable bonds is 7. The highest BCUT2D eigenvalue weighted by Gasteiger charge is 2.27. The molecule has 2 aliphatic heterocycles. The predicted octanol–water partition coefficient (Wildman–Crippen LogP) is 3.85. The summed E-state index contributed by atoms with van der Waals surface area (Å²) in [6.45, 7) is 4.86. The summed E-state index contributed by atoms with van der Waals surface area (Å²) >= 11 is 0. The first-order valence-electron chi connectivity index (χ1n) is 11.4. The number of fused-ring (bicyclic) bond motifs is 4. The maximum Gasteiger partial charge on any atom is 0.213 e. The fraction of sp³-hybridized carbons (Fsp3) is 0.423.